The van der Waals surface area contributed by atoms with Gasteiger partial charge in [0.2, 0.25) is 0 Å². The molecule has 0 spiro atoms. The molecule has 0 fully saturated rings. The Morgan fingerprint density at radius 2 is 2.00 bits per heavy atom. The highest BCUT2D eigenvalue weighted by Gasteiger charge is 2.00. The number of hydrogen-bond acceptors (Lipinski definition) is 3. The zero-order valence-electron chi connectivity index (χ0n) is 9.79. The summed E-state index contributed by atoms with van der Waals surface area (Å²) in [6, 6.07) is 1.94. The maximum Gasteiger partial charge on any atom is 0.159 e. The van der Waals surface area contributed by atoms with Crippen LogP contribution in [-0.4, -0.2) is 21.1 Å². The van der Waals surface area contributed by atoms with Gasteiger partial charge < -0.3 is 10.3 Å². The van der Waals surface area contributed by atoms with Crippen LogP contribution in [0, 0.1) is 11.8 Å². The molecular weight excluding hydrogens is 295 g/mol. The first-order valence-electron chi connectivity index (χ1n) is 4.77. The number of aryl methyl sites for hydroxylation is 1. The van der Waals surface area contributed by atoms with E-state index < -0.39 is 0 Å². The maximum absolute atomic E-state index is 5.35. The zero-order chi connectivity index (χ0) is 10.7. The molecular formula is C11H15Cl3N4. The molecule has 2 N–H and O–H groups in total. The summed E-state index contributed by atoms with van der Waals surface area (Å²) in [5.74, 6) is 5.98. The highest BCUT2D eigenvalue weighted by molar-refractivity contribution is 5.86. The number of aromatic nitrogens is 3. The first-order chi connectivity index (χ1) is 7.31. The summed E-state index contributed by atoms with van der Waals surface area (Å²) >= 11 is 0. The third kappa shape index (κ3) is 4.35. The van der Waals surface area contributed by atoms with Crippen molar-refractivity contribution in [1.29, 1.82) is 0 Å². The van der Waals surface area contributed by atoms with Crippen molar-refractivity contribution in [3.05, 3.63) is 24.2 Å². The molecule has 0 aromatic carbocycles. The average molecular weight is 310 g/mol. The smallest absolute Gasteiger partial charge is 0.159 e. The number of nitrogens with zero attached hydrogens (tertiary/aromatic N) is 3. The van der Waals surface area contributed by atoms with Crippen LogP contribution in [0.4, 0.5) is 0 Å². The van der Waals surface area contributed by atoms with Gasteiger partial charge in [-0.25, -0.2) is 9.97 Å². The van der Waals surface area contributed by atoms with Gasteiger partial charge in [-0.2, -0.15) is 0 Å². The number of pyridine rings is 1. The molecule has 2 heterocycles. The van der Waals surface area contributed by atoms with E-state index in [0.717, 1.165) is 16.7 Å². The highest BCUT2D eigenvalue weighted by atomic mass is 35.5. The van der Waals surface area contributed by atoms with Crippen molar-refractivity contribution in [2.45, 2.75) is 6.42 Å². The van der Waals surface area contributed by atoms with E-state index in [1.54, 1.807) is 12.5 Å². The lowest BCUT2D eigenvalue weighted by atomic mass is 10.2. The summed E-state index contributed by atoms with van der Waals surface area (Å²) in [5.41, 5.74) is 7.98. The summed E-state index contributed by atoms with van der Waals surface area (Å²) in [6.07, 6.45) is 4.21. The summed E-state index contributed by atoms with van der Waals surface area (Å²) in [6.45, 7) is 0.590. The molecule has 18 heavy (non-hydrogen) atoms. The van der Waals surface area contributed by atoms with Crippen LogP contribution in [0.1, 0.15) is 12.0 Å². The molecule has 0 atom stereocenters. The van der Waals surface area contributed by atoms with E-state index in [4.69, 9.17) is 5.73 Å². The third-order valence-corrected chi connectivity index (χ3v) is 2.05. The zero-order valence-corrected chi connectivity index (χ0v) is 12.2. The average Bonchev–Trinajstić information content (AvgIpc) is 2.61. The second-order valence-electron chi connectivity index (χ2n) is 3.26. The molecule has 4 nitrogen and oxygen atoms in total. The fourth-order valence-electron chi connectivity index (χ4n) is 1.32. The van der Waals surface area contributed by atoms with Crippen molar-refractivity contribution in [2.24, 2.45) is 12.8 Å². The molecule has 2 rings (SSSR count). The number of nitrogens with two attached hydrogens (primary N) is 1. The second kappa shape index (κ2) is 9.01. The predicted octanol–water partition coefficient (Wildman–Crippen LogP) is 1.93. The first-order valence-corrected chi connectivity index (χ1v) is 4.77. The quantitative estimate of drug-likeness (QED) is 0.819. The van der Waals surface area contributed by atoms with E-state index in [0.29, 0.717) is 13.0 Å². The monoisotopic (exact) mass is 308 g/mol. The van der Waals surface area contributed by atoms with Crippen molar-refractivity contribution in [3.63, 3.8) is 0 Å². The first kappa shape index (κ1) is 19.4. The Kier molecular flexibility index (Phi) is 9.69. The minimum Gasteiger partial charge on any atom is -0.330 e. The van der Waals surface area contributed by atoms with Gasteiger partial charge in [0.05, 0.1) is 6.33 Å². The SMILES string of the molecule is Cl.Cl.Cl.Cn1cnc2cc(C#CCCN)cnc21. The summed E-state index contributed by atoms with van der Waals surface area (Å²) < 4.78 is 1.88. The van der Waals surface area contributed by atoms with Gasteiger partial charge in [0.1, 0.15) is 5.52 Å². The molecule has 0 saturated carbocycles. The topological polar surface area (TPSA) is 56.7 Å². The molecule has 7 heteroatoms. The van der Waals surface area contributed by atoms with E-state index >= 15 is 0 Å². The number of imidazole rings is 1. The van der Waals surface area contributed by atoms with Gasteiger partial charge in [-0.1, -0.05) is 11.8 Å². The molecule has 0 aliphatic rings. The van der Waals surface area contributed by atoms with Gasteiger partial charge in [-0.15, -0.1) is 37.2 Å². The highest BCUT2D eigenvalue weighted by Crippen LogP contribution is 2.09. The van der Waals surface area contributed by atoms with Crippen molar-refractivity contribution < 1.29 is 0 Å². The molecule has 0 radical (unpaired) electrons. The van der Waals surface area contributed by atoms with Crippen LogP contribution < -0.4 is 5.73 Å². The van der Waals surface area contributed by atoms with Crippen LogP contribution >= 0.6 is 37.2 Å². The van der Waals surface area contributed by atoms with Crippen molar-refractivity contribution in [3.8, 4) is 11.8 Å². The van der Waals surface area contributed by atoms with Crippen molar-refractivity contribution in [2.75, 3.05) is 6.54 Å². The lowest BCUT2D eigenvalue weighted by molar-refractivity contribution is 0.931. The van der Waals surface area contributed by atoms with Gasteiger partial charge in [0.15, 0.2) is 5.65 Å². The van der Waals surface area contributed by atoms with Gasteiger partial charge in [0.25, 0.3) is 0 Å². The Hall–Kier alpha value is -0.990. The molecule has 0 aliphatic carbocycles. The van der Waals surface area contributed by atoms with Crippen LogP contribution in [0.5, 0.6) is 0 Å². The number of rotatable bonds is 1. The lowest BCUT2D eigenvalue weighted by Gasteiger charge is -1.93. The fraction of sp³-hybridized carbons (Fsp3) is 0.273. The molecule has 2 aromatic heterocycles. The van der Waals surface area contributed by atoms with Gasteiger partial charge in [0, 0.05) is 31.8 Å². The maximum atomic E-state index is 5.35. The molecule has 0 aliphatic heterocycles. The third-order valence-electron chi connectivity index (χ3n) is 2.05. The minimum absolute atomic E-state index is 0. The summed E-state index contributed by atoms with van der Waals surface area (Å²) in [4.78, 5) is 8.50. The van der Waals surface area contributed by atoms with E-state index in [2.05, 4.69) is 21.8 Å². The molecule has 0 saturated heterocycles. The van der Waals surface area contributed by atoms with E-state index in [9.17, 15) is 0 Å². The Bertz CT molecular complexity index is 542. The Labute approximate surface area is 125 Å². The Morgan fingerprint density at radius 3 is 2.67 bits per heavy atom. The summed E-state index contributed by atoms with van der Waals surface area (Å²) in [7, 11) is 1.92. The molecule has 0 amide bonds. The molecule has 2 aromatic rings. The summed E-state index contributed by atoms with van der Waals surface area (Å²) in [5, 5.41) is 0. The number of fused-ring (bicyclic) bond motifs is 1. The second-order valence-corrected chi connectivity index (χ2v) is 3.26. The van der Waals surface area contributed by atoms with Crippen LogP contribution in [0.3, 0.4) is 0 Å². The normalized spacial score (nSPS) is 8.33. The minimum atomic E-state index is 0. The van der Waals surface area contributed by atoms with Gasteiger partial charge in [-0.3, -0.25) is 0 Å². The predicted molar refractivity (Wildman–Crippen MR) is 80.8 cm³/mol. The molecule has 0 unspecified atom stereocenters. The number of halogens is 3. The van der Waals surface area contributed by atoms with Crippen LogP contribution in [-0.2, 0) is 7.05 Å². The Morgan fingerprint density at radius 1 is 1.28 bits per heavy atom. The largest absolute Gasteiger partial charge is 0.330 e. The van der Waals surface area contributed by atoms with Crippen LogP contribution in [0.25, 0.3) is 11.2 Å². The lowest BCUT2D eigenvalue weighted by Crippen LogP contribution is -1.95. The van der Waals surface area contributed by atoms with E-state index in [1.165, 1.54) is 0 Å². The van der Waals surface area contributed by atoms with E-state index in [1.807, 2.05) is 17.7 Å². The Balaban J connectivity index is 0. The standard InChI is InChI=1S/C11H12N4.3ClH/c1-15-8-14-10-6-9(4-2-3-5-12)7-13-11(10)15;;;/h6-8H,3,5,12H2,1H3;3*1H. The van der Waals surface area contributed by atoms with Crippen molar-refractivity contribution >= 4 is 48.4 Å². The van der Waals surface area contributed by atoms with Crippen molar-refractivity contribution in [1.82, 2.24) is 14.5 Å². The van der Waals surface area contributed by atoms with Gasteiger partial charge >= 0.3 is 0 Å². The van der Waals surface area contributed by atoms with Crippen LogP contribution in [0.2, 0.25) is 0 Å². The van der Waals surface area contributed by atoms with Gasteiger partial charge in [-0.05, 0) is 6.07 Å². The molecule has 100 valence electrons. The van der Waals surface area contributed by atoms with E-state index in [-0.39, 0.29) is 37.2 Å². The molecule has 0 bridgehead atoms. The number of hydrogen-bond donors (Lipinski definition) is 1. The van der Waals surface area contributed by atoms with Crippen LogP contribution in [0.15, 0.2) is 18.6 Å². The fourth-order valence-corrected chi connectivity index (χ4v) is 1.32.